The lowest BCUT2D eigenvalue weighted by atomic mass is 9.93. The van der Waals surface area contributed by atoms with Gasteiger partial charge in [-0.3, -0.25) is 9.59 Å². The Morgan fingerprint density at radius 1 is 0.871 bits per heavy atom. The molecule has 174 valence electrons. The maximum Gasteiger partial charge on any atom is 0.338 e. The highest BCUT2D eigenvalue weighted by Gasteiger charge is 2.34. The summed E-state index contributed by atoms with van der Waals surface area (Å²) >= 11 is 0. The Morgan fingerprint density at radius 3 is 2.06 bits per heavy atom. The van der Waals surface area contributed by atoms with Crippen LogP contribution in [0.25, 0.3) is 0 Å². The van der Waals surface area contributed by atoms with Crippen molar-refractivity contribution in [2.45, 2.75) is 67.2 Å². The fourth-order valence-corrected chi connectivity index (χ4v) is 2.78. The van der Waals surface area contributed by atoms with Crippen LogP contribution in [0.3, 0.4) is 0 Å². The summed E-state index contributed by atoms with van der Waals surface area (Å²) in [4.78, 5) is 37.0. The smallest absolute Gasteiger partial charge is 0.338 e. The number of rotatable bonds is 13. The van der Waals surface area contributed by atoms with Gasteiger partial charge in [-0.15, -0.1) is 0 Å². The normalized spacial score (nSPS) is 12.7. The predicted molar refractivity (Wildman–Crippen MR) is 120 cm³/mol. The number of unbranched alkanes of at least 4 members (excludes halogenated alkanes) is 1. The van der Waals surface area contributed by atoms with E-state index in [1.165, 1.54) is 0 Å². The Labute approximate surface area is 186 Å². The minimum atomic E-state index is -0.963. The van der Waals surface area contributed by atoms with E-state index >= 15 is 0 Å². The topological polar surface area (TPSA) is 78.9 Å². The highest BCUT2D eigenvalue weighted by molar-refractivity contribution is 5.89. The Balaban J connectivity index is 2.48. The van der Waals surface area contributed by atoms with Gasteiger partial charge in [0.15, 0.2) is 0 Å². The summed E-state index contributed by atoms with van der Waals surface area (Å²) in [6, 6.07) is 8.73. The summed E-state index contributed by atoms with van der Waals surface area (Å²) in [6.07, 6.45) is 3.52. The largest absolute Gasteiger partial charge is 0.464 e. The molecule has 0 saturated heterocycles. The highest BCUT2D eigenvalue weighted by Crippen LogP contribution is 2.24. The van der Waals surface area contributed by atoms with Gasteiger partial charge < -0.3 is 14.2 Å². The van der Waals surface area contributed by atoms with Crippen LogP contribution in [-0.2, 0) is 23.8 Å². The number of benzene rings is 1. The molecule has 0 aromatic heterocycles. The van der Waals surface area contributed by atoms with Gasteiger partial charge in [0.1, 0.15) is 6.61 Å². The molecule has 0 aliphatic rings. The van der Waals surface area contributed by atoms with Gasteiger partial charge in [-0.2, -0.15) is 0 Å². The first-order valence-corrected chi connectivity index (χ1v) is 11.1. The third kappa shape index (κ3) is 9.53. The Bertz CT molecular complexity index is 708. The molecule has 0 aliphatic heterocycles. The molecule has 0 amide bonds. The first-order chi connectivity index (χ1) is 14.5. The van der Waals surface area contributed by atoms with E-state index in [1.54, 1.807) is 38.1 Å². The van der Waals surface area contributed by atoms with Gasteiger partial charge in [0.05, 0.1) is 30.1 Å². The zero-order valence-electron chi connectivity index (χ0n) is 19.9. The van der Waals surface area contributed by atoms with Gasteiger partial charge in [-0.05, 0) is 38.8 Å². The number of hydrogen-bond acceptors (Lipinski definition) is 6. The van der Waals surface area contributed by atoms with Crippen LogP contribution in [0.1, 0.15) is 77.6 Å². The van der Waals surface area contributed by atoms with Crippen molar-refractivity contribution in [3.05, 3.63) is 35.9 Å². The molecule has 31 heavy (non-hydrogen) atoms. The number of hydrogen-bond donors (Lipinski definition) is 0. The van der Waals surface area contributed by atoms with Crippen LogP contribution >= 0.6 is 0 Å². The molecular formula is C25H38O6. The molecule has 1 rings (SSSR count). The molecule has 1 aromatic rings. The van der Waals surface area contributed by atoms with Gasteiger partial charge in [0.2, 0.25) is 0 Å². The average Bonchev–Trinajstić information content (AvgIpc) is 2.75. The summed E-state index contributed by atoms with van der Waals surface area (Å²) in [5, 5.41) is 0. The van der Waals surface area contributed by atoms with E-state index < -0.39 is 22.8 Å². The molecule has 1 atom stereocenters. The van der Waals surface area contributed by atoms with E-state index in [2.05, 4.69) is 6.92 Å². The molecule has 0 bridgehead atoms. The van der Waals surface area contributed by atoms with Gasteiger partial charge in [-0.1, -0.05) is 58.7 Å². The molecule has 0 aliphatic carbocycles. The van der Waals surface area contributed by atoms with Crippen molar-refractivity contribution in [3.8, 4) is 0 Å². The molecule has 0 radical (unpaired) electrons. The lowest BCUT2D eigenvalue weighted by Gasteiger charge is -2.28. The summed E-state index contributed by atoms with van der Waals surface area (Å²) in [6.45, 7) is 11.3. The molecule has 0 saturated carbocycles. The molecule has 6 heteroatoms. The van der Waals surface area contributed by atoms with Gasteiger partial charge in [0.25, 0.3) is 0 Å². The molecule has 0 fully saturated rings. The van der Waals surface area contributed by atoms with Crippen molar-refractivity contribution in [2.24, 2.45) is 16.7 Å². The van der Waals surface area contributed by atoms with Crippen LogP contribution in [0.15, 0.2) is 30.3 Å². The molecule has 0 spiro atoms. The molecule has 1 unspecified atom stereocenters. The van der Waals surface area contributed by atoms with Crippen molar-refractivity contribution in [3.63, 3.8) is 0 Å². The average molecular weight is 435 g/mol. The van der Waals surface area contributed by atoms with Crippen molar-refractivity contribution >= 4 is 17.9 Å². The SMILES string of the molecule is CCCCC(CC)C(=O)OCC(C)(C)C(=O)OCC(C)(C)COC(=O)c1ccccc1. The molecule has 0 heterocycles. The number of carbonyl (C=O) groups excluding carboxylic acids is 3. The summed E-state index contributed by atoms with van der Waals surface area (Å²) in [7, 11) is 0. The second-order valence-electron chi connectivity index (χ2n) is 9.42. The number of ether oxygens (including phenoxy) is 3. The minimum absolute atomic E-state index is 0.0310. The van der Waals surface area contributed by atoms with Crippen LogP contribution in [0.2, 0.25) is 0 Å². The monoisotopic (exact) mass is 434 g/mol. The second-order valence-corrected chi connectivity index (χ2v) is 9.42. The van der Waals surface area contributed by atoms with Crippen LogP contribution < -0.4 is 0 Å². The van der Waals surface area contributed by atoms with E-state index in [0.717, 1.165) is 25.7 Å². The third-order valence-electron chi connectivity index (χ3n) is 5.06. The van der Waals surface area contributed by atoms with E-state index in [4.69, 9.17) is 14.2 Å². The Morgan fingerprint density at radius 2 is 1.48 bits per heavy atom. The summed E-state index contributed by atoms with van der Waals surface area (Å²) in [5.41, 5.74) is -1.04. The van der Waals surface area contributed by atoms with E-state index in [9.17, 15) is 14.4 Å². The van der Waals surface area contributed by atoms with Gasteiger partial charge >= 0.3 is 17.9 Å². The zero-order valence-corrected chi connectivity index (χ0v) is 19.9. The van der Waals surface area contributed by atoms with Crippen molar-refractivity contribution in [2.75, 3.05) is 19.8 Å². The van der Waals surface area contributed by atoms with Gasteiger partial charge in [-0.25, -0.2) is 4.79 Å². The highest BCUT2D eigenvalue weighted by atomic mass is 16.6. The standard InChI is InChI=1S/C25H38O6/c1-7-9-13-19(8-2)21(26)30-18-25(5,6)23(28)31-17-24(3,4)16-29-22(27)20-14-11-10-12-15-20/h10-12,14-15,19H,7-9,13,16-18H2,1-6H3. The fourth-order valence-electron chi connectivity index (χ4n) is 2.78. The van der Waals surface area contributed by atoms with E-state index in [0.29, 0.717) is 5.56 Å². The van der Waals surface area contributed by atoms with Gasteiger partial charge in [0, 0.05) is 5.41 Å². The number of carbonyl (C=O) groups is 3. The predicted octanol–water partition coefficient (Wildman–Crippen LogP) is 5.20. The third-order valence-corrected chi connectivity index (χ3v) is 5.06. The Kier molecular flexibility index (Phi) is 10.7. The quantitative estimate of drug-likeness (QED) is 0.314. The Hall–Kier alpha value is -2.37. The number of esters is 3. The van der Waals surface area contributed by atoms with Crippen LogP contribution in [0.4, 0.5) is 0 Å². The van der Waals surface area contributed by atoms with Crippen LogP contribution in [0, 0.1) is 16.7 Å². The van der Waals surface area contributed by atoms with Crippen LogP contribution in [-0.4, -0.2) is 37.7 Å². The zero-order chi connectivity index (χ0) is 23.5. The molecule has 1 aromatic carbocycles. The molecular weight excluding hydrogens is 396 g/mol. The van der Waals surface area contributed by atoms with E-state index in [-0.39, 0.29) is 31.7 Å². The minimum Gasteiger partial charge on any atom is -0.464 e. The lowest BCUT2D eigenvalue weighted by molar-refractivity contribution is -0.166. The lowest BCUT2D eigenvalue weighted by Crippen LogP contribution is -2.37. The van der Waals surface area contributed by atoms with E-state index in [1.807, 2.05) is 26.8 Å². The van der Waals surface area contributed by atoms with Crippen molar-refractivity contribution < 1.29 is 28.6 Å². The second kappa shape index (κ2) is 12.5. The van der Waals surface area contributed by atoms with Crippen LogP contribution in [0.5, 0.6) is 0 Å². The molecule has 0 N–H and O–H groups in total. The first kappa shape index (κ1) is 26.7. The molecule has 6 nitrogen and oxygen atoms in total. The maximum absolute atomic E-state index is 12.6. The fraction of sp³-hybridized carbons (Fsp3) is 0.640. The maximum atomic E-state index is 12.6. The first-order valence-electron chi connectivity index (χ1n) is 11.1. The summed E-state index contributed by atoms with van der Waals surface area (Å²) < 4.78 is 16.3. The van der Waals surface area contributed by atoms with Crippen molar-refractivity contribution in [1.29, 1.82) is 0 Å². The van der Waals surface area contributed by atoms with Crippen molar-refractivity contribution in [1.82, 2.24) is 0 Å². The summed E-state index contributed by atoms with van der Waals surface area (Å²) in [5.74, 6) is -1.26.